The number of hydrogen-bond donors (Lipinski definition) is 0. The topological polar surface area (TPSA) is 9.23 Å². The standard InChI is InChI=1S/C16H20F2O/c17-15-13(12-6-1-2-7-12)8-9-14(16(15)18)19-10-11-4-3-5-11/h8-9,11-12H,1-7,10H2. The predicted octanol–water partition coefficient (Wildman–Crippen LogP) is 4.80. The van der Waals surface area contributed by atoms with E-state index in [2.05, 4.69) is 0 Å². The molecule has 1 nitrogen and oxygen atoms in total. The van der Waals surface area contributed by atoms with Gasteiger partial charge < -0.3 is 4.74 Å². The molecule has 0 heterocycles. The summed E-state index contributed by atoms with van der Waals surface area (Å²) in [7, 11) is 0. The van der Waals surface area contributed by atoms with Gasteiger partial charge in [0.05, 0.1) is 6.61 Å². The van der Waals surface area contributed by atoms with Crippen LogP contribution in [0.3, 0.4) is 0 Å². The molecule has 0 saturated heterocycles. The van der Waals surface area contributed by atoms with E-state index in [0.29, 0.717) is 18.1 Å². The van der Waals surface area contributed by atoms with Crippen molar-refractivity contribution < 1.29 is 13.5 Å². The summed E-state index contributed by atoms with van der Waals surface area (Å²) in [6.45, 7) is 0.513. The van der Waals surface area contributed by atoms with Crippen LogP contribution in [0.15, 0.2) is 12.1 Å². The fourth-order valence-corrected chi connectivity index (χ4v) is 3.08. The third-order valence-electron chi connectivity index (χ3n) is 4.57. The van der Waals surface area contributed by atoms with Crippen molar-refractivity contribution in [2.75, 3.05) is 6.61 Å². The van der Waals surface area contributed by atoms with E-state index in [1.165, 1.54) is 6.42 Å². The summed E-state index contributed by atoms with van der Waals surface area (Å²) >= 11 is 0. The highest BCUT2D eigenvalue weighted by atomic mass is 19.2. The fourth-order valence-electron chi connectivity index (χ4n) is 3.08. The van der Waals surface area contributed by atoms with E-state index in [-0.39, 0.29) is 11.7 Å². The Bertz CT molecular complexity index is 448. The van der Waals surface area contributed by atoms with Crippen LogP contribution in [0.4, 0.5) is 8.78 Å². The molecule has 0 atom stereocenters. The molecular formula is C16H20F2O. The van der Waals surface area contributed by atoms with Crippen LogP contribution in [0.5, 0.6) is 5.75 Å². The van der Waals surface area contributed by atoms with Crippen molar-refractivity contribution in [1.29, 1.82) is 0 Å². The first-order valence-electron chi connectivity index (χ1n) is 7.36. The quantitative estimate of drug-likeness (QED) is 0.760. The van der Waals surface area contributed by atoms with Gasteiger partial charge in [-0.1, -0.05) is 25.3 Å². The van der Waals surface area contributed by atoms with Crippen LogP contribution in [-0.2, 0) is 0 Å². The van der Waals surface area contributed by atoms with Crippen LogP contribution in [0.25, 0.3) is 0 Å². The van der Waals surface area contributed by atoms with E-state index in [4.69, 9.17) is 4.74 Å². The summed E-state index contributed by atoms with van der Waals surface area (Å²) < 4.78 is 33.5. The summed E-state index contributed by atoms with van der Waals surface area (Å²) in [6.07, 6.45) is 7.69. The van der Waals surface area contributed by atoms with Crippen LogP contribution in [0.2, 0.25) is 0 Å². The van der Waals surface area contributed by atoms with Crippen LogP contribution < -0.4 is 4.74 Å². The van der Waals surface area contributed by atoms with Gasteiger partial charge in [-0.05, 0) is 49.1 Å². The molecule has 2 saturated carbocycles. The van der Waals surface area contributed by atoms with Crippen LogP contribution in [0, 0.1) is 17.6 Å². The maximum absolute atomic E-state index is 14.1. The minimum absolute atomic E-state index is 0.0751. The largest absolute Gasteiger partial charge is 0.490 e. The molecule has 0 spiro atoms. The van der Waals surface area contributed by atoms with Gasteiger partial charge in [0.25, 0.3) is 0 Å². The Morgan fingerprint density at radius 2 is 1.68 bits per heavy atom. The molecule has 1 aromatic carbocycles. The van der Waals surface area contributed by atoms with Crippen molar-refractivity contribution in [1.82, 2.24) is 0 Å². The van der Waals surface area contributed by atoms with E-state index in [1.54, 1.807) is 12.1 Å². The lowest BCUT2D eigenvalue weighted by molar-refractivity contribution is 0.174. The van der Waals surface area contributed by atoms with Crippen LogP contribution >= 0.6 is 0 Å². The molecule has 0 bridgehead atoms. The molecule has 0 aliphatic heterocycles. The van der Waals surface area contributed by atoms with E-state index >= 15 is 0 Å². The Morgan fingerprint density at radius 1 is 0.947 bits per heavy atom. The summed E-state index contributed by atoms with van der Waals surface area (Å²) in [5.74, 6) is -0.708. The average molecular weight is 266 g/mol. The molecule has 1 aromatic rings. The van der Waals surface area contributed by atoms with Crippen LogP contribution in [0.1, 0.15) is 56.4 Å². The minimum atomic E-state index is -0.802. The van der Waals surface area contributed by atoms with Crippen molar-refractivity contribution >= 4 is 0 Å². The van der Waals surface area contributed by atoms with Gasteiger partial charge in [-0.3, -0.25) is 0 Å². The predicted molar refractivity (Wildman–Crippen MR) is 70.4 cm³/mol. The first kappa shape index (κ1) is 12.9. The number of hydrogen-bond acceptors (Lipinski definition) is 1. The molecule has 3 rings (SSSR count). The second-order valence-electron chi connectivity index (χ2n) is 5.87. The molecular weight excluding hydrogens is 246 g/mol. The first-order chi connectivity index (χ1) is 9.25. The first-order valence-corrected chi connectivity index (χ1v) is 7.36. The van der Waals surface area contributed by atoms with Crippen molar-refractivity contribution in [2.45, 2.75) is 50.9 Å². The van der Waals surface area contributed by atoms with E-state index < -0.39 is 11.6 Å². The smallest absolute Gasteiger partial charge is 0.200 e. The molecule has 0 aromatic heterocycles. The highest BCUT2D eigenvalue weighted by molar-refractivity contribution is 5.33. The van der Waals surface area contributed by atoms with Crippen molar-refractivity contribution in [2.24, 2.45) is 5.92 Å². The Morgan fingerprint density at radius 3 is 2.32 bits per heavy atom. The van der Waals surface area contributed by atoms with Gasteiger partial charge in [0.2, 0.25) is 5.82 Å². The molecule has 2 aliphatic carbocycles. The van der Waals surface area contributed by atoms with E-state index in [9.17, 15) is 8.78 Å². The number of halogens is 2. The number of benzene rings is 1. The SMILES string of the molecule is Fc1c(OCC2CCC2)ccc(C2CCCC2)c1F. The highest BCUT2D eigenvalue weighted by Crippen LogP contribution is 2.37. The summed E-state index contributed by atoms with van der Waals surface area (Å²) in [5, 5.41) is 0. The van der Waals surface area contributed by atoms with E-state index in [0.717, 1.165) is 38.5 Å². The molecule has 104 valence electrons. The molecule has 2 aliphatic rings. The zero-order valence-electron chi connectivity index (χ0n) is 11.1. The van der Waals surface area contributed by atoms with Crippen molar-refractivity contribution in [3.63, 3.8) is 0 Å². The lowest BCUT2D eigenvalue weighted by atomic mass is 9.86. The Labute approximate surface area is 113 Å². The van der Waals surface area contributed by atoms with Gasteiger partial charge in [-0.15, -0.1) is 0 Å². The van der Waals surface area contributed by atoms with Gasteiger partial charge in [-0.25, -0.2) is 4.39 Å². The third-order valence-corrected chi connectivity index (χ3v) is 4.57. The normalized spacial score (nSPS) is 20.5. The summed E-state index contributed by atoms with van der Waals surface area (Å²) in [5.41, 5.74) is 0.533. The van der Waals surface area contributed by atoms with Gasteiger partial charge in [0.15, 0.2) is 11.6 Å². The van der Waals surface area contributed by atoms with Crippen molar-refractivity contribution in [3.8, 4) is 5.75 Å². The lowest BCUT2D eigenvalue weighted by Gasteiger charge is -2.25. The monoisotopic (exact) mass is 266 g/mol. The Balaban J connectivity index is 1.72. The molecule has 0 unspecified atom stereocenters. The van der Waals surface area contributed by atoms with Gasteiger partial charge >= 0.3 is 0 Å². The zero-order chi connectivity index (χ0) is 13.2. The maximum atomic E-state index is 14.1. The van der Waals surface area contributed by atoms with E-state index in [1.807, 2.05) is 0 Å². The number of rotatable bonds is 4. The molecule has 2 fully saturated rings. The molecule has 0 radical (unpaired) electrons. The Hall–Kier alpha value is -1.12. The fraction of sp³-hybridized carbons (Fsp3) is 0.625. The second-order valence-corrected chi connectivity index (χ2v) is 5.87. The molecule has 19 heavy (non-hydrogen) atoms. The van der Waals surface area contributed by atoms with Gasteiger partial charge in [-0.2, -0.15) is 4.39 Å². The maximum Gasteiger partial charge on any atom is 0.200 e. The third kappa shape index (κ3) is 2.60. The zero-order valence-corrected chi connectivity index (χ0v) is 11.1. The highest BCUT2D eigenvalue weighted by Gasteiger charge is 2.25. The van der Waals surface area contributed by atoms with Gasteiger partial charge in [0.1, 0.15) is 0 Å². The van der Waals surface area contributed by atoms with Gasteiger partial charge in [0, 0.05) is 0 Å². The Kier molecular flexibility index (Phi) is 3.72. The minimum Gasteiger partial charge on any atom is -0.490 e. The van der Waals surface area contributed by atoms with Crippen LogP contribution in [-0.4, -0.2) is 6.61 Å². The molecule has 0 N–H and O–H groups in total. The average Bonchev–Trinajstić information content (AvgIpc) is 2.86. The number of ether oxygens (including phenoxy) is 1. The van der Waals surface area contributed by atoms with Crippen molar-refractivity contribution in [3.05, 3.63) is 29.3 Å². The summed E-state index contributed by atoms with van der Waals surface area (Å²) in [4.78, 5) is 0. The molecule has 0 amide bonds. The lowest BCUT2D eigenvalue weighted by Crippen LogP contribution is -2.19. The summed E-state index contributed by atoms with van der Waals surface area (Å²) in [6, 6.07) is 3.31. The second kappa shape index (κ2) is 5.48. The molecule has 3 heteroatoms.